The molecule has 9 heteroatoms. The average molecular weight is 378 g/mol. The number of nitrogens with one attached hydrogen (secondary N) is 2. The largest absolute Gasteiger partial charge is 0.448 e. The van der Waals surface area contributed by atoms with Crippen molar-refractivity contribution in [1.29, 1.82) is 0 Å². The molecule has 0 saturated carbocycles. The molecule has 1 fully saturated rings. The molecular weight excluding hydrogens is 360 g/mol. The van der Waals surface area contributed by atoms with Gasteiger partial charge in [0.2, 0.25) is 0 Å². The molecular formula is C17H18N2O6S. The Balaban J connectivity index is 1.67. The number of ether oxygens (including phenoxy) is 1. The molecule has 0 unspecified atom stereocenters. The number of sulfone groups is 1. The van der Waals surface area contributed by atoms with E-state index in [1.165, 1.54) is 13.0 Å². The van der Waals surface area contributed by atoms with E-state index >= 15 is 0 Å². The number of aromatic amines is 1. The van der Waals surface area contributed by atoms with Crippen molar-refractivity contribution in [2.45, 2.75) is 25.5 Å². The Labute approximate surface area is 149 Å². The van der Waals surface area contributed by atoms with Crippen molar-refractivity contribution in [2.75, 3.05) is 11.5 Å². The number of H-pyrrole nitrogens is 1. The van der Waals surface area contributed by atoms with Crippen LogP contribution in [0.4, 0.5) is 0 Å². The van der Waals surface area contributed by atoms with Crippen molar-refractivity contribution in [2.24, 2.45) is 0 Å². The van der Waals surface area contributed by atoms with Gasteiger partial charge in [-0.2, -0.15) is 0 Å². The lowest BCUT2D eigenvalue weighted by Gasteiger charge is -2.16. The van der Waals surface area contributed by atoms with Gasteiger partial charge in [-0.25, -0.2) is 13.2 Å². The molecule has 2 atom stereocenters. The number of carbonyl (C=O) groups is 2. The predicted molar refractivity (Wildman–Crippen MR) is 94.6 cm³/mol. The molecule has 3 rings (SSSR count). The monoisotopic (exact) mass is 378 g/mol. The van der Waals surface area contributed by atoms with Gasteiger partial charge in [0, 0.05) is 11.4 Å². The molecule has 0 radical (unpaired) electrons. The Morgan fingerprint density at radius 2 is 2.04 bits per heavy atom. The smallest absolute Gasteiger partial charge is 0.355 e. The molecule has 2 N–H and O–H groups in total. The fourth-order valence-corrected chi connectivity index (χ4v) is 4.50. The highest BCUT2D eigenvalue weighted by Crippen LogP contribution is 2.13. The van der Waals surface area contributed by atoms with E-state index in [0.717, 1.165) is 0 Å². The molecule has 0 aliphatic carbocycles. The predicted octanol–water partition coefficient (Wildman–Crippen LogP) is 0.377. The Kier molecular flexibility index (Phi) is 4.82. The van der Waals surface area contributed by atoms with E-state index in [-0.39, 0.29) is 17.2 Å². The highest BCUT2D eigenvalue weighted by molar-refractivity contribution is 7.91. The number of fused-ring (bicyclic) bond motifs is 1. The minimum absolute atomic E-state index is 0.0322. The Morgan fingerprint density at radius 3 is 2.73 bits per heavy atom. The van der Waals surface area contributed by atoms with E-state index < -0.39 is 39.4 Å². The number of benzene rings is 1. The Hall–Kier alpha value is -2.68. The van der Waals surface area contributed by atoms with Crippen LogP contribution in [0.1, 0.15) is 23.8 Å². The van der Waals surface area contributed by atoms with Gasteiger partial charge >= 0.3 is 5.97 Å². The molecule has 1 aromatic heterocycles. The lowest BCUT2D eigenvalue weighted by atomic mass is 10.1. The topological polar surface area (TPSA) is 122 Å². The van der Waals surface area contributed by atoms with Crippen LogP contribution in [0.5, 0.6) is 0 Å². The lowest BCUT2D eigenvalue weighted by Crippen LogP contribution is -2.42. The second kappa shape index (κ2) is 6.91. The molecule has 0 bridgehead atoms. The van der Waals surface area contributed by atoms with Crippen LogP contribution < -0.4 is 10.9 Å². The second-order valence-electron chi connectivity index (χ2n) is 6.26. The summed E-state index contributed by atoms with van der Waals surface area (Å²) >= 11 is 0. The molecule has 1 aliphatic heterocycles. The standard InChI is InChI=1S/C17H18N2O6S/c1-10(15(20)18-12-6-7-26(23,24)9-12)25-17(22)14-8-11-4-2-3-5-13(11)16(21)19-14/h2-5,8,10,12H,6-7,9H2,1H3,(H,18,20)(H,19,21)/t10-,12-/m0/s1. The van der Waals surface area contributed by atoms with E-state index in [2.05, 4.69) is 10.3 Å². The molecule has 1 aliphatic rings. The maximum atomic E-state index is 12.2. The Bertz CT molecular complexity index is 1030. The van der Waals surface area contributed by atoms with E-state index in [4.69, 9.17) is 4.74 Å². The first-order chi connectivity index (χ1) is 12.2. The number of pyridine rings is 1. The highest BCUT2D eigenvalue weighted by Gasteiger charge is 2.30. The average Bonchev–Trinajstić information content (AvgIpc) is 2.93. The SMILES string of the molecule is C[C@H](OC(=O)c1cc2ccccc2c(=O)[nH]1)C(=O)N[C@H]1CCS(=O)(=O)C1. The summed E-state index contributed by atoms with van der Waals surface area (Å²) in [6, 6.07) is 7.78. The summed E-state index contributed by atoms with van der Waals surface area (Å²) in [5.74, 6) is -1.50. The van der Waals surface area contributed by atoms with Crippen molar-refractivity contribution in [3.05, 3.63) is 46.4 Å². The Morgan fingerprint density at radius 1 is 1.31 bits per heavy atom. The molecule has 2 aromatic rings. The van der Waals surface area contributed by atoms with Gasteiger partial charge in [-0.1, -0.05) is 18.2 Å². The van der Waals surface area contributed by atoms with Crippen molar-refractivity contribution in [3.63, 3.8) is 0 Å². The summed E-state index contributed by atoms with van der Waals surface area (Å²) < 4.78 is 27.9. The van der Waals surface area contributed by atoms with Crippen LogP contribution in [0.2, 0.25) is 0 Å². The van der Waals surface area contributed by atoms with Gasteiger partial charge < -0.3 is 15.0 Å². The summed E-state index contributed by atoms with van der Waals surface area (Å²) in [6.45, 7) is 1.38. The third kappa shape index (κ3) is 3.93. The van der Waals surface area contributed by atoms with Crippen LogP contribution in [0, 0.1) is 0 Å². The van der Waals surface area contributed by atoms with Gasteiger partial charge in [0.15, 0.2) is 15.9 Å². The van der Waals surface area contributed by atoms with Gasteiger partial charge in [0.1, 0.15) is 5.69 Å². The van der Waals surface area contributed by atoms with Gasteiger partial charge in [-0.05, 0) is 30.9 Å². The molecule has 1 aromatic carbocycles. The summed E-state index contributed by atoms with van der Waals surface area (Å²) in [6.07, 6.45) is -0.784. The molecule has 2 heterocycles. The third-order valence-corrected chi connectivity index (χ3v) is 5.97. The van der Waals surface area contributed by atoms with Crippen molar-refractivity contribution in [1.82, 2.24) is 10.3 Å². The number of esters is 1. The third-order valence-electron chi connectivity index (χ3n) is 4.21. The molecule has 1 amide bonds. The summed E-state index contributed by atoms with van der Waals surface area (Å²) in [5.41, 5.74) is -0.486. The fourth-order valence-electron chi connectivity index (χ4n) is 2.83. The summed E-state index contributed by atoms with van der Waals surface area (Å²) in [5, 5.41) is 3.59. The first-order valence-corrected chi connectivity index (χ1v) is 9.91. The zero-order valence-corrected chi connectivity index (χ0v) is 14.8. The van der Waals surface area contributed by atoms with Gasteiger partial charge in [-0.3, -0.25) is 9.59 Å². The van der Waals surface area contributed by atoms with Crippen LogP contribution in [0.25, 0.3) is 10.8 Å². The normalized spacial score (nSPS) is 19.8. The summed E-state index contributed by atoms with van der Waals surface area (Å²) in [7, 11) is -3.12. The number of hydrogen-bond acceptors (Lipinski definition) is 6. The molecule has 0 spiro atoms. The molecule has 138 valence electrons. The van der Waals surface area contributed by atoms with Gasteiger partial charge in [0.05, 0.1) is 11.5 Å². The van der Waals surface area contributed by atoms with E-state index in [1.807, 2.05) is 0 Å². The van der Waals surface area contributed by atoms with Crippen LogP contribution in [-0.4, -0.2) is 48.9 Å². The molecule has 1 saturated heterocycles. The minimum Gasteiger partial charge on any atom is -0.448 e. The van der Waals surface area contributed by atoms with Crippen LogP contribution >= 0.6 is 0 Å². The van der Waals surface area contributed by atoms with Crippen molar-refractivity contribution < 1.29 is 22.7 Å². The quantitative estimate of drug-likeness (QED) is 0.742. The second-order valence-corrected chi connectivity index (χ2v) is 8.48. The van der Waals surface area contributed by atoms with Crippen LogP contribution in [0.15, 0.2) is 35.1 Å². The van der Waals surface area contributed by atoms with E-state index in [0.29, 0.717) is 17.2 Å². The van der Waals surface area contributed by atoms with Crippen LogP contribution in [-0.2, 0) is 19.4 Å². The maximum Gasteiger partial charge on any atom is 0.355 e. The van der Waals surface area contributed by atoms with Crippen LogP contribution in [0.3, 0.4) is 0 Å². The van der Waals surface area contributed by atoms with Gasteiger partial charge in [0.25, 0.3) is 11.5 Å². The maximum absolute atomic E-state index is 12.2. The molecule has 26 heavy (non-hydrogen) atoms. The van der Waals surface area contributed by atoms with E-state index in [9.17, 15) is 22.8 Å². The zero-order valence-electron chi connectivity index (χ0n) is 14.0. The van der Waals surface area contributed by atoms with Gasteiger partial charge in [-0.15, -0.1) is 0 Å². The van der Waals surface area contributed by atoms with Crippen molar-refractivity contribution >= 4 is 32.5 Å². The number of rotatable bonds is 4. The highest BCUT2D eigenvalue weighted by atomic mass is 32.2. The van der Waals surface area contributed by atoms with Crippen molar-refractivity contribution in [3.8, 4) is 0 Å². The number of hydrogen-bond donors (Lipinski definition) is 2. The first-order valence-electron chi connectivity index (χ1n) is 8.09. The van der Waals surface area contributed by atoms with E-state index in [1.54, 1.807) is 24.3 Å². The molecule has 8 nitrogen and oxygen atoms in total. The minimum atomic E-state index is -3.12. The lowest BCUT2D eigenvalue weighted by molar-refractivity contribution is -0.129. The first kappa shape index (κ1) is 18.1. The number of aromatic nitrogens is 1. The fraction of sp³-hybridized carbons (Fsp3) is 0.353. The number of carbonyl (C=O) groups excluding carboxylic acids is 2. The number of amides is 1. The zero-order chi connectivity index (χ0) is 18.9. The summed E-state index contributed by atoms with van der Waals surface area (Å²) in [4.78, 5) is 38.8.